The van der Waals surface area contributed by atoms with E-state index in [4.69, 9.17) is 10.00 Å². The predicted molar refractivity (Wildman–Crippen MR) is 162 cm³/mol. The van der Waals surface area contributed by atoms with E-state index in [9.17, 15) is 14.0 Å². The molecular formula is C33H48FN3O3. The average molecular weight is 554 g/mol. The van der Waals surface area contributed by atoms with Gasteiger partial charge in [-0.15, -0.1) is 0 Å². The molecule has 2 amide bonds. The van der Waals surface area contributed by atoms with E-state index in [1.54, 1.807) is 13.0 Å². The standard InChI is InChI=1S/C18H18FNO.C13H24N2O2.C2H6/c1-11-6-7-13(10-17(11)19)14-8-9-18(20-12(2)21)16-5-3-4-15(14)16;1-4-11(3)7-6-10-17-12(5-2)13(16)15-9-8-14;1-2/h6-10H,3-5H2,1-2H3,(H,20,21);11-12H,4-7,9-10H2,1-3H3,(H,15,16);1-2H3/t;11?,12-;/m.0./s1. The van der Waals surface area contributed by atoms with Crippen LogP contribution in [-0.4, -0.2) is 31.1 Å². The number of amides is 2. The third kappa shape index (κ3) is 11.1. The van der Waals surface area contributed by atoms with Crippen LogP contribution in [0.25, 0.3) is 11.1 Å². The Kier molecular flexibility index (Phi) is 16.5. The molecule has 0 spiro atoms. The number of nitriles is 1. The number of aryl methyl sites for hydroxylation is 1. The van der Waals surface area contributed by atoms with Crippen molar-refractivity contribution in [2.24, 2.45) is 5.92 Å². The minimum Gasteiger partial charge on any atom is -0.368 e. The van der Waals surface area contributed by atoms with E-state index in [1.165, 1.54) is 24.5 Å². The number of nitrogens with zero attached hydrogens (tertiary/aromatic N) is 1. The highest BCUT2D eigenvalue weighted by Crippen LogP contribution is 2.37. The summed E-state index contributed by atoms with van der Waals surface area (Å²) in [7, 11) is 0. The number of hydrogen-bond acceptors (Lipinski definition) is 4. The number of fused-ring (bicyclic) bond motifs is 1. The maximum atomic E-state index is 13.8. The van der Waals surface area contributed by atoms with Gasteiger partial charge in [0.1, 0.15) is 18.5 Å². The minimum atomic E-state index is -0.416. The number of benzene rings is 2. The summed E-state index contributed by atoms with van der Waals surface area (Å²) >= 11 is 0. The van der Waals surface area contributed by atoms with Crippen LogP contribution < -0.4 is 10.6 Å². The van der Waals surface area contributed by atoms with Gasteiger partial charge in [-0.3, -0.25) is 9.59 Å². The van der Waals surface area contributed by atoms with Crippen molar-refractivity contribution < 1.29 is 18.7 Å². The Morgan fingerprint density at radius 3 is 2.40 bits per heavy atom. The molecule has 1 aliphatic rings. The first-order chi connectivity index (χ1) is 19.2. The molecule has 0 heterocycles. The molecule has 2 atom stereocenters. The molecule has 220 valence electrons. The molecule has 0 bridgehead atoms. The van der Waals surface area contributed by atoms with Gasteiger partial charge in [0.05, 0.1) is 6.07 Å². The van der Waals surface area contributed by atoms with Crippen LogP contribution in [0.5, 0.6) is 0 Å². The van der Waals surface area contributed by atoms with E-state index in [-0.39, 0.29) is 24.2 Å². The Bertz CT molecular complexity index is 1130. The summed E-state index contributed by atoms with van der Waals surface area (Å²) in [5, 5.41) is 13.8. The lowest BCUT2D eigenvalue weighted by atomic mass is 9.95. The summed E-state index contributed by atoms with van der Waals surface area (Å²) in [5.41, 5.74) is 5.98. The van der Waals surface area contributed by atoms with E-state index < -0.39 is 6.10 Å². The highest BCUT2D eigenvalue weighted by molar-refractivity contribution is 5.91. The molecule has 0 saturated heterocycles. The van der Waals surface area contributed by atoms with Crippen LogP contribution in [-0.2, 0) is 27.2 Å². The molecule has 0 saturated carbocycles. The van der Waals surface area contributed by atoms with Crippen LogP contribution in [0, 0.1) is 30.0 Å². The molecule has 0 fully saturated rings. The van der Waals surface area contributed by atoms with E-state index >= 15 is 0 Å². The first-order valence-corrected chi connectivity index (χ1v) is 14.7. The second-order valence-corrected chi connectivity index (χ2v) is 9.92. The Hall–Kier alpha value is -3.24. The number of carbonyl (C=O) groups excluding carboxylic acids is 2. The van der Waals surface area contributed by atoms with Crippen LogP contribution in [0.15, 0.2) is 30.3 Å². The fourth-order valence-corrected chi connectivity index (χ4v) is 4.52. The van der Waals surface area contributed by atoms with Crippen LogP contribution in [0.4, 0.5) is 10.1 Å². The number of halogens is 1. The molecule has 3 rings (SSSR count). The number of rotatable bonds is 11. The van der Waals surface area contributed by atoms with Crippen LogP contribution in [0.2, 0.25) is 0 Å². The molecule has 1 unspecified atom stereocenters. The van der Waals surface area contributed by atoms with Crippen molar-refractivity contribution in [3.05, 3.63) is 52.8 Å². The fourth-order valence-electron chi connectivity index (χ4n) is 4.52. The SMILES string of the molecule is CC.CC(=O)Nc1ccc(-c2ccc(C)c(F)c2)c2c1CCC2.CCC(C)CCCO[C@@H](CC)C(=O)NCC#N. The Balaban J connectivity index is 0.000000386. The average Bonchev–Trinajstić information content (AvgIpc) is 3.45. The van der Waals surface area contributed by atoms with Gasteiger partial charge in [0.25, 0.3) is 0 Å². The largest absolute Gasteiger partial charge is 0.368 e. The molecule has 0 radical (unpaired) electrons. The summed E-state index contributed by atoms with van der Waals surface area (Å²) in [5.74, 6) is 0.298. The third-order valence-electron chi connectivity index (χ3n) is 6.94. The predicted octanol–water partition coefficient (Wildman–Crippen LogP) is 7.52. The lowest BCUT2D eigenvalue weighted by molar-refractivity contribution is -0.132. The quantitative estimate of drug-likeness (QED) is 0.222. The molecular weight excluding hydrogens is 505 g/mol. The zero-order chi connectivity index (χ0) is 30.1. The van der Waals surface area contributed by atoms with Gasteiger partial charge in [-0.2, -0.15) is 5.26 Å². The summed E-state index contributed by atoms with van der Waals surface area (Å²) in [6.07, 6.45) is 6.54. The van der Waals surface area contributed by atoms with Crippen molar-refractivity contribution in [3.8, 4) is 17.2 Å². The normalized spacial score (nSPS) is 12.9. The third-order valence-corrected chi connectivity index (χ3v) is 6.94. The lowest BCUT2D eigenvalue weighted by Gasteiger charge is -2.15. The van der Waals surface area contributed by atoms with Crippen molar-refractivity contribution in [2.75, 3.05) is 18.5 Å². The van der Waals surface area contributed by atoms with Crippen LogP contribution >= 0.6 is 0 Å². The molecule has 7 heteroatoms. The van der Waals surface area contributed by atoms with E-state index in [0.717, 1.165) is 48.9 Å². The zero-order valence-electron chi connectivity index (χ0n) is 25.5. The molecule has 1 aliphatic carbocycles. The van der Waals surface area contributed by atoms with Crippen molar-refractivity contribution in [1.82, 2.24) is 5.32 Å². The van der Waals surface area contributed by atoms with Gasteiger partial charge in [-0.25, -0.2) is 4.39 Å². The Morgan fingerprint density at radius 2 is 1.80 bits per heavy atom. The van der Waals surface area contributed by atoms with E-state index in [0.29, 0.717) is 24.5 Å². The molecule has 2 N–H and O–H groups in total. The highest BCUT2D eigenvalue weighted by atomic mass is 19.1. The number of nitrogens with one attached hydrogen (secondary N) is 2. The molecule has 0 aromatic heterocycles. The van der Waals surface area contributed by atoms with Crippen LogP contribution in [0.3, 0.4) is 0 Å². The first-order valence-electron chi connectivity index (χ1n) is 14.7. The summed E-state index contributed by atoms with van der Waals surface area (Å²) in [6.45, 7) is 14.3. The monoisotopic (exact) mass is 553 g/mol. The Labute approximate surface area is 240 Å². The topological polar surface area (TPSA) is 91.2 Å². The second-order valence-electron chi connectivity index (χ2n) is 9.92. The van der Waals surface area contributed by atoms with Crippen LogP contribution in [0.1, 0.15) is 90.3 Å². The zero-order valence-corrected chi connectivity index (χ0v) is 25.5. The molecule has 40 heavy (non-hydrogen) atoms. The Morgan fingerprint density at radius 1 is 1.10 bits per heavy atom. The van der Waals surface area contributed by atoms with Crippen molar-refractivity contribution >= 4 is 17.5 Å². The van der Waals surface area contributed by atoms with Gasteiger partial charge in [0.2, 0.25) is 11.8 Å². The van der Waals surface area contributed by atoms with Crippen molar-refractivity contribution in [3.63, 3.8) is 0 Å². The number of hydrogen-bond donors (Lipinski definition) is 2. The molecule has 0 aliphatic heterocycles. The summed E-state index contributed by atoms with van der Waals surface area (Å²) in [4.78, 5) is 22.8. The maximum Gasteiger partial charge on any atom is 0.249 e. The van der Waals surface area contributed by atoms with Gasteiger partial charge in [-0.05, 0) is 91.3 Å². The number of ether oxygens (including phenoxy) is 1. The van der Waals surface area contributed by atoms with Gasteiger partial charge in [0.15, 0.2) is 0 Å². The number of anilines is 1. The van der Waals surface area contributed by atoms with Gasteiger partial charge in [-0.1, -0.05) is 59.2 Å². The first kappa shape index (κ1) is 34.8. The van der Waals surface area contributed by atoms with Crippen molar-refractivity contribution in [2.45, 2.75) is 99.5 Å². The lowest BCUT2D eigenvalue weighted by Crippen LogP contribution is -2.36. The maximum absolute atomic E-state index is 13.8. The number of carbonyl (C=O) groups is 2. The highest BCUT2D eigenvalue weighted by Gasteiger charge is 2.20. The van der Waals surface area contributed by atoms with Gasteiger partial charge >= 0.3 is 0 Å². The van der Waals surface area contributed by atoms with Gasteiger partial charge < -0.3 is 15.4 Å². The van der Waals surface area contributed by atoms with Gasteiger partial charge in [0, 0.05) is 19.2 Å². The summed E-state index contributed by atoms with van der Waals surface area (Å²) < 4.78 is 19.3. The smallest absolute Gasteiger partial charge is 0.249 e. The van der Waals surface area contributed by atoms with Crippen molar-refractivity contribution in [1.29, 1.82) is 5.26 Å². The molecule has 6 nitrogen and oxygen atoms in total. The minimum absolute atomic E-state index is 0.0472. The molecule has 2 aromatic carbocycles. The summed E-state index contributed by atoms with van der Waals surface area (Å²) in [6, 6.07) is 11.2. The second kappa shape index (κ2) is 18.9. The van der Waals surface area contributed by atoms with E-state index in [1.807, 2.05) is 51.1 Å². The van der Waals surface area contributed by atoms with E-state index in [2.05, 4.69) is 24.5 Å². The fraction of sp³-hybridized carbons (Fsp3) is 0.545. The molecule has 2 aromatic rings.